The largest absolute Gasteiger partial charge is 0.357 e. The fourth-order valence-corrected chi connectivity index (χ4v) is 4.27. The number of rotatable bonds is 5. The lowest BCUT2D eigenvalue weighted by molar-refractivity contribution is -0.122. The number of hydrogen-bond acceptors (Lipinski definition) is 3. The molecule has 6 heteroatoms. The van der Waals surface area contributed by atoms with Crippen molar-refractivity contribution in [2.75, 3.05) is 7.05 Å². The molecule has 0 fully saturated rings. The van der Waals surface area contributed by atoms with E-state index in [1.807, 2.05) is 30.3 Å². The molecule has 0 spiro atoms. The van der Waals surface area contributed by atoms with E-state index in [2.05, 4.69) is 10.0 Å². The predicted octanol–water partition coefficient (Wildman–Crippen LogP) is 2.38. The zero-order chi connectivity index (χ0) is 17.9. The van der Waals surface area contributed by atoms with E-state index in [0.29, 0.717) is 23.3 Å². The highest BCUT2D eigenvalue weighted by atomic mass is 32.2. The number of sulfonamides is 1. The molecule has 0 radical (unpaired) electrons. The number of fused-ring (bicyclic) bond motifs is 1. The van der Waals surface area contributed by atoms with Crippen LogP contribution in [0, 0.1) is 0 Å². The van der Waals surface area contributed by atoms with Crippen molar-refractivity contribution in [3.8, 4) is 0 Å². The molecule has 0 saturated heterocycles. The molecule has 0 aromatic heterocycles. The van der Waals surface area contributed by atoms with Crippen molar-refractivity contribution in [2.45, 2.75) is 18.9 Å². The van der Waals surface area contributed by atoms with Gasteiger partial charge >= 0.3 is 0 Å². The number of nitrogens with one attached hydrogen (secondary N) is 2. The summed E-state index contributed by atoms with van der Waals surface area (Å²) in [6.45, 7) is 0. The SMILES string of the molecule is CNC(=O)[C@@H](NS(=O)(=O)C1=Cc2ccccc2CC1)c1ccccc1. The number of allylic oxidation sites excluding steroid dienone is 1. The van der Waals surface area contributed by atoms with Crippen molar-refractivity contribution in [2.24, 2.45) is 0 Å². The van der Waals surface area contributed by atoms with Gasteiger partial charge in [0, 0.05) is 7.05 Å². The van der Waals surface area contributed by atoms with Crippen LogP contribution in [0.15, 0.2) is 59.5 Å². The molecular weight excluding hydrogens is 336 g/mol. The van der Waals surface area contributed by atoms with E-state index in [-0.39, 0.29) is 0 Å². The third-order valence-electron chi connectivity index (χ3n) is 4.27. The maximum absolute atomic E-state index is 12.8. The third kappa shape index (κ3) is 3.81. The Morgan fingerprint density at radius 3 is 2.40 bits per heavy atom. The summed E-state index contributed by atoms with van der Waals surface area (Å²) in [6.07, 6.45) is 2.77. The molecule has 1 aliphatic carbocycles. The second-order valence-corrected chi connectivity index (χ2v) is 7.66. The standard InChI is InChI=1S/C19H20N2O3S/c1-20-19(22)18(15-8-3-2-4-9-15)21-25(23,24)17-12-11-14-7-5-6-10-16(14)13-17/h2-10,13,18,21H,11-12H2,1H3,(H,20,22)/t18-/m0/s1. The Labute approximate surface area is 147 Å². The van der Waals surface area contributed by atoms with Gasteiger partial charge < -0.3 is 5.32 Å². The minimum Gasteiger partial charge on any atom is -0.357 e. The lowest BCUT2D eigenvalue weighted by Gasteiger charge is -2.21. The summed E-state index contributed by atoms with van der Waals surface area (Å²) in [5.74, 6) is -0.397. The van der Waals surface area contributed by atoms with Crippen molar-refractivity contribution in [3.05, 3.63) is 76.2 Å². The number of amides is 1. The Hall–Kier alpha value is -2.44. The van der Waals surface area contributed by atoms with Gasteiger partial charge in [-0.05, 0) is 35.6 Å². The maximum Gasteiger partial charge on any atom is 0.242 e. The molecule has 0 unspecified atom stereocenters. The first kappa shape index (κ1) is 17.4. The molecule has 2 aromatic carbocycles. The van der Waals surface area contributed by atoms with E-state index in [1.165, 1.54) is 7.05 Å². The monoisotopic (exact) mass is 356 g/mol. The second-order valence-electron chi connectivity index (χ2n) is 5.89. The van der Waals surface area contributed by atoms with Gasteiger partial charge in [-0.2, -0.15) is 4.72 Å². The van der Waals surface area contributed by atoms with Crippen LogP contribution in [-0.4, -0.2) is 21.4 Å². The number of hydrogen-bond donors (Lipinski definition) is 2. The summed E-state index contributed by atoms with van der Waals surface area (Å²) in [5, 5.41) is 2.52. The van der Waals surface area contributed by atoms with Crippen LogP contribution in [0.3, 0.4) is 0 Å². The summed E-state index contributed by atoms with van der Waals surface area (Å²) in [6, 6.07) is 15.6. The number of aryl methyl sites for hydroxylation is 1. The summed E-state index contributed by atoms with van der Waals surface area (Å²) in [4.78, 5) is 12.5. The molecule has 1 atom stereocenters. The number of carbonyl (C=O) groups is 1. The molecule has 1 amide bonds. The van der Waals surface area contributed by atoms with E-state index in [9.17, 15) is 13.2 Å². The van der Waals surface area contributed by atoms with Gasteiger partial charge in [-0.3, -0.25) is 4.79 Å². The van der Waals surface area contributed by atoms with Gasteiger partial charge in [0.2, 0.25) is 15.9 Å². The van der Waals surface area contributed by atoms with E-state index in [0.717, 1.165) is 11.1 Å². The predicted molar refractivity (Wildman–Crippen MR) is 98.0 cm³/mol. The Morgan fingerprint density at radius 2 is 1.68 bits per heavy atom. The fraction of sp³-hybridized carbons (Fsp3) is 0.211. The van der Waals surface area contributed by atoms with Gasteiger partial charge in [0.05, 0.1) is 4.91 Å². The first-order valence-electron chi connectivity index (χ1n) is 8.08. The third-order valence-corrected chi connectivity index (χ3v) is 5.83. The topological polar surface area (TPSA) is 75.3 Å². The van der Waals surface area contributed by atoms with Gasteiger partial charge in [-0.25, -0.2) is 8.42 Å². The van der Waals surface area contributed by atoms with Crippen molar-refractivity contribution in [3.63, 3.8) is 0 Å². The molecule has 5 nitrogen and oxygen atoms in total. The first-order chi connectivity index (χ1) is 12.0. The van der Waals surface area contributed by atoms with Crippen LogP contribution in [0.5, 0.6) is 0 Å². The number of likely N-dealkylation sites (N-methyl/N-ethyl adjacent to an activating group) is 1. The smallest absolute Gasteiger partial charge is 0.242 e. The highest BCUT2D eigenvalue weighted by Crippen LogP contribution is 2.27. The average molecular weight is 356 g/mol. The van der Waals surface area contributed by atoms with Crippen molar-refractivity contribution in [1.82, 2.24) is 10.0 Å². The van der Waals surface area contributed by atoms with Crippen LogP contribution in [0.2, 0.25) is 0 Å². The normalized spacial score (nSPS) is 15.0. The van der Waals surface area contributed by atoms with Crippen LogP contribution < -0.4 is 10.0 Å². The maximum atomic E-state index is 12.8. The lowest BCUT2D eigenvalue weighted by Crippen LogP contribution is -2.39. The van der Waals surface area contributed by atoms with Crippen molar-refractivity contribution in [1.29, 1.82) is 0 Å². The molecule has 0 bridgehead atoms. The van der Waals surface area contributed by atoms with E-state index in [4.69, 9.17) is 0 Å². The van der Waals surface area contributed by atoms with E-state index >= 15 is 0 Å². The number of benzene rings is 2. The van der Waals surface area contributed by atoms with Crippen LogP contribution in [0.4, 0.5) is 0 Å². The summed E-state index contributed by atoms with van der Waals surface area (Å²) >= 11 is 0. The lowest BCUT2D eigenvalue weighted by atomic mass is 9.98. The fourth-order valence-electron chi connectivity index (χ4n) is 2.91. The van der Waals surface area contributed by atoms with Crippen LogP contribution in [-0.2, 0) is 21.2 Å². The first-order valence-corrected chi connectivity index (χ1v) is 9.57. The minimum absolute atomic E-state index is 0.302. The summed E-state index contributed by atoms with van der Waals surface area (Å²) in [5.41, 5.74) is 2.64. The van der Waals surface area contributed by atoms with Gasteiger partial charge in [0.1, 0.15) is 6.04 Å². The molecule has 0 heterocycles. The molecule has 2 aromatic rings. The minimum atomic E-state index is -3.78. The van der Waals surface area contributed by atoms with E-state index in [1.54, 1.807) is 30.3 Å². The van der Waals surface area contributed by atoms with Crippen LogP contribution >= 0.6 is 0 Å². The van der Waals surface area contributed by atoms with Crippen molar-refractivity contribution < 1.29 is 13.2 Å². The Kier molecular flexibility index (Phi) is 5.01. The van der Waals surface area contributed by atoms with Gasteiger partial charge in [-0.15, -0.1) is 0 Å². The molecule has 3 rings (SSSR count). The highest BCUT2D eigenvalue weighted by Gasteiger charge is 2.29. The molecule has 0 aliphatic heterocycles. The quantitative estimate of drug-likeness (QED) is 0.864. The summed E-state index contributed by atoms with van der Waals surface area (Å²) < 4.78 is 28.2. The second kappa shape index (κ2) is 7.21. The number of carbonyl (C=O) groups excluding carboxylic acids is 1. The molecule has 1 aliphatic rings. The Bertz CT molecular complexity index is 905. The van der Waals surface area contributed by atoms with Crippen LogP contribution in [0.25, 0.3) is 6.08 Å². The Balaban J connectivity index is 1.92. The highest BCUT2D eigenvalue weighted by molar-refractivity contribution is 7.93. The van der Waals surface area contributed by atoms with E-state index < -0.39 is 22.0 Å². The molecule has 25 heavy (non-hydrogen) atoms. The molecule has 2 N–H and O–H groups in total. The molecule has 130 valence electrons. The molecule has 0 saturated carbocycles. The zero-order valence-corrected chi connectivity index (χ0v) is 14.7. The van der Waals surface area contributed by atoms with Gasteiger partial charge in [-0.1, -0.05) is 54.6 Å². The van der Waals surface area contributed by atoms with Crippen LogP contribution in [0.1, 0.15) is 29.2 Å². The summed E-state index contributed by atoms with van der Waals surface area (Å²) in [7, 11) is -2.29. The average Bonchev–Trinajstić information content (AvgIpc) is 2.66. The molecular formula is C19H20N2O3S. The van der Waals surface area contributed by atoms with Gasteiger partial charge in [0.25, 0.3) is 0 Å². The zero-order valence-electron chi connectivity index (χ0n) is 13.9. The van der Waals surface area contributed by atoms with Crippen molar-refractivity contribution >= 4 is 22.0 Å². The Morgan fingerprint density at radius 1 is 1.00 bits per heavy atom. The van der Waals surface area contributed by atoms with Gasteiger partial charge in [0.15, 0.2) is 0 Å².